The second-order valence-electron chi connectivity index (χ2n) is 7.60. The van der Waals surface area contributed by atoms with Crippen LogP contribution in [0.4, 0.5) is 11.6 Å². The number of carbonyl (C=O) groups is 2. The van der Waals surface area contributed by atoms with E-state index >= 15 is 0 Å². The molecule has 9 nitrogen and oxygen atoms in total. The number of primary amides is 1. The number of carbonyl (C=O) groups excluding carboxylic acids is 2. The van der Waals surface area contributed by atoms with Gasteiger partial charge in [-0.3, -0.25) is 9.59 Å². The summed E-state index contributed by atoms with van der Waals surface area (Å²) < 4.78 is 5.26. The van der Waals surface area contributed by atoms with Gasteiger partial charge in [-0.1, -0.05) is 50.2 Å². The molecule has 0 atom stereocenters. The Morgan fingerprint density at radius 3 is 2.45 bits per heavy atom. The van der Waals surface area contributed by atoms with Crippen LogP contribution in [0.15, 0.2) is 41.1 Å². The molecule has 3 aromatic rings. The van der Waals surface area contributed by atoms with Crippen molar-refractivity contribution in [1.82, 2.24) is 15.1 Å². The smallest absolute Gasteiger partial charge is 0.271 e. The molecule has 0 aliphatic carbocycles. The van der Waals surface area contributed by atoms with E-state index in [0.29, 0.717) is 17.3 Å². The molecular formula is C20H22N6O3. The maximum Gasteiger partial charge on any atom is 0.271 e. The zero-order chi connectivity index (χ0) is 21.2. The summed E-state index contributed by atoms with van der Waals surface area (Å²) in [4.78, 5) is 31.7. The van der Waals surface area contributed by atoms with E-state index in [4.69, 9.17) is 16.0 Å². The topological polar surface area (TPSA) is 150 Å². The number of aromatic nitrogens is 3. The second-order valence-corrected chi connectivity index (χ2v) is 7.60. The van der Waals surface area contributed by atoms with Gasteiger partial charge < -0.3 is 21.3 Å². The van der Waals surface area contributed by atoms with Crippen molar-refractivity contribution in [1.29, 1.82) is 0 Å². The molecule has 0 saturated heterocycles. The van der Waals surface area contributed by atoms with Gasteiger partial charge in [0.2, 0.25) is 5.91 Å². The number of hydrogen-bond acceptors (Lipinski definition) is 7. The van der Waals surface area contributed by atoms with E-state index in [1.165, 1.54) is 6.20 Å². The molecule has 0 unspecified atom stereocenters. The van der Waals surface area contributed by atoms with Crippen LogP contribution < -0.4 is 16.8 Å². The zero-order valence-electron chi connectivity index (χ0n) is 16.4. The first-order chi connectivity index (χ1) is 13.6. The number of benzene rings is 1. The molecule has 5 N–H and O–H groups in total. The minimum atomic E-state index is -0.743. The van der Waals surface area contributed by atoms with E-state index in [0.717, 1.165) is 11.1 Å². The second kappa shape index (κ2) is 7.70. The molecule has 2 amide bonds. The summed E-state index contributed by atoms with van der Waals surface area (Å²) >= 11 is 0. The largest absolute Gasteiger partial charge is 0.382 e. The molecule has 0 aliphatic heterocycles. The average Bonchev–Trinajstić information content (AvgIpc) is 3.11. The van der Waals surface area contributed by atoms with Crippen molar-refractivity contribution in [3.8, 4) is 11.3 Å². The summed E-state index contributed by atoms with van der Waals surface area (Å²) in [5.41, 5.74) is 12.6. The third kappa shape index (κ3) is 4.75. The van der Waals surface area contributed by atoms with Crippen LogP contribution >= 0.6 is 0 Å². The monoisotopic (exact) mass is 394 g/mol. The summed E-state index contributed by atoms with van der Waals surface area (Å²) in [5, 5.41) is 6.60. The van der Waals surface area contributed by atoms with Crippen LogP contribution in [0.25, 0.3) is 11.3 Å². The van der Waals surface area contributed by atoms with E-state index in [9.17, 15) is 9.59 Å². The molecule has 0 aliphatic rings. The highest BCUT2D eigenvalue weighted by molar-refractivity contribution is 5.95. The third-order valence-corrected chi connectivity index (χ3v) is 4.17. The fourth-order valence-corrected chi connectivity index (χ4v) is 2.57. The fourth-order valence-electron chi connectivity index (χ4n) is 2.57. The molecule has 0 saturated carbocycles. The molecule has 0 radical (unpaired) electrons. The molecule has 1 aromatic carbocycles. The molecule has 0 bridgehead atoms. The van der Waals surface area contributed by atoms with Crippen molar-refractivity contribution in [2.45, 2.75) is 32.6 Å². The van der Waals surface area contributed by atoms with Crippen molar-refractivity contribution < 1.29 is 14.1 Å². The van der Waals surface area contributed by atoms with Gasteiger partial charge in [-0.25, -0.2) is 9.97 Å². The number of amides is 2. The van der Waals surface area contributed by atoms with Gasteiger partial charge in [0.1, 0.15) is 5.76 Å². The highest BCUT2D eigenvalue weighted by Crippen LogP contribution is 2.24. The van der Waals surface area contributed by atoms with Crippen molar-refractivity contribution >= 4 is 23.5 Å². The minimum absolute atomic E-state index is 0.0167. The lowest BCUT2D eigenvalue weighted by Crippen LogP contribution is -2.17. The quantitative estimate of drug-likeness (QED) is 0.600. The van der Waals surface area contributed by atoms with Gasteiger partial charge in [0.15, 0.2) is 17.3 Å². The predicted molar refractivity (Wildman–Crippen MR) is 108 cm³/mol. The van der Waals surface area contributed by atoms with E-state index in [1.807, 2.05) is 20.8 Å². The maximum atomic E-state index is 12.3. The van der Waals surface area contributed by atoms with Crippen molar-refractivity contribution in [2.75, 3.05) is 11.1 Å². The van der Waals surface area contributed by atoms with Crippen LogP contribution in [0.3, 0.4) is 0 Å². The van der Waals surface area contributed by atoms with Gasteiger partial charge in [0.25, 0.3) is 5.91 Å². The minimum Gasteiger partial charge on any atom is -0.382 e. The van der Waals surface area contributed by atoms with E-state index in [2.05, 4.69) is 20.4 Å². The Kier molecular flexibility index (Phi) is 5.31. The normalized spacial score (nSPS) is 11.3. The van der Waals surface area contributed by atoms with Crippen LogP contribution in [-0.4, -0.2) is 26.9 Å². The first-order valence-electron chi connectivity index (χ1n) is 8.92. The number of anilines is 2. The number of nitrogens with zero attached hydrogens (tertiary/aromatic N) is 3. The van der Waals surface area contributed by atoms with Gasteiger partial charge in [-0.05, 0) is 5.56 Å². The van der Waals surface area contributed by atoms with E-state index in [1.54, 1.807) is 30.3 Å². The average molecular weight is 394 g/mol. The Hall–Kier alpha value is -3.75. The lowest BCUT2D eigenvalue weighted by atomic mass is 9.93. The highest BCUT2D eigenvalue weighted by atomic mass is 16.5. The zero-order valence-corrected chi connectivity index (χ0v) is 16.4. The van der Waals surface area contributed by atoms with Gasteiger partial charge in [-0.2, -0.15) is 0 Å². The summed E-state index contributed by atoms with van der Waals surface area (Å²) in [5.74, 6) is 0.101. The lowest BCUT2D eigenvalue weighted by molar-refractivity contribution is -0.115. The Morgan fingerprint density at radius 1 is 1.17 bits per heavy atom. The van der Waals surface area contributed by atoms with Crippen molar-refractivity contribution in [2.24, 2.45) is 5.73 Å². The predicted octanol–water partition coefficient (Wildman–Crippen LogP) is 2.29. The van der Waals surface area contributed by atoms with Crippen molar-refractivity contribution in [3.63, 3.8) is 0 Å². The first-order valence-corrected chi connectivity index (χ1v) is 8.92. The van der Waals surface area contributed by atoms with Crippen LogP contribution in [-0.2, 0) is 16.6 Å². The molecule has 150 valence electrons. The lowest BCUT2D eigenvalue weighted by Gasteiger charge is -2.12. The molecule has 9 heteroatoms. The van der Waals surface area contributed by atoms with Crippen LogP contribution in [0, 0.1) is 0 Å². The molecule has 2 heterocycles. The first kappa shape index (κ1) is 20.0. The van der Waals surface area contributed by atoms with Crippen LogP contribution in [0.5, 0.6) is 0 Å². The number of nitrogen functional groups attached to an aromatic ring is 1. The molecule has 0 spiro atoms. The molecular weight excluding hydrogens is 372 g/mol. The molecule has 29 heavy (non-hydrogen) atoms. The van der Waals surface area contributed by atoms with Gasteiger partial charge in [0, 0.05) is 17.0 Å². The standard InChI is InChI=1S/C20H22N6O3/c1-20(2,3)14-9-15(26-29-14)25-16(27)8-11-4-6-12(7-5-11)13-10-23-18(21)17(24-13)19(22)28/h4-7,9-10H,8H2,1-3H3,(H2,21,23)(H2,22,28)(H,25,26,27). The van der Waals surface area contributed by atoms with Crippen LogP contribution in [0.1, 0.15) is 42.6 Å². The molecule has 2 aromatic heterocycles. The Morgan fingerprint density at radius 2 is 1.86 bits per heavy atom. The Labute approximate surface area is 167 Å². The number of nitrogens with one attached hydrogen (secondary N) is 1. The van der Waals surface area contributed by atoms with Gasteiger partial charge in [-0.15, -0.1) is 0 Å². The third-order valence-electron chi connectivity index (χ3n) is 4.17. The molecule has 3 rings (SSSR count). The van der Waals surface area contributed by atoms with Crippen LogP contribution in [0.2, 0.25) is 0 Å². The van der Waals surface area contributed by atoms with Gasteiger partial charge >= 0.3 is 0 Å². The van der Waals surface area contributed by atoms with E-state index in [-0.39, 0.29) is 29.3 Å². The number of rotatable bonds is 5. The summed E-state index contributed by atoms with van der Waals surface area (Å²) in [6, 6.07) is 8.86. The summed E-state index contributed by atoms with van der Waals surface area (Å²) in [6.45, 7) is 6.00. The number of nitrogens with two attached hydrogens (primary N) is 2. The molecule has 0 fully saturated rings. The maximum absolute atomic E-state index is 12.3. The SMILES string of the molecule is CC(C)(C)c1cc(NC(=O)Cc2ccc(-c3cnc(N)c(C(N)=O)n3)cc2)no1. The highest BCUT2D eigenvalue weighted by Gasteiger charge is 2.20. The summed E-state index contributed by atoms with van der Waals surface area (Å²) in [6.07, 6.45) is 1.62. The van der Waals surface area contributed by atoms with E-state index < -0.39 is 5.91 Å². The number of hydrogen-bond donors (Lipinski definition) is 3. The van der Waals surface area contributed by atoms with Crippen molar-refractivity contribution in [3.05, 3.63) is 53.5 Å². The Balaban J connectivity index is 1.68. The van der Waals surface area contributed by atoms with Gasteiger partial charge in [0.05, 0.1) is 18.3 Å². The Bertz CT molecular complexity index is 1050. The fraction of sp³-hybridized carbons (Fsp3) is 0.250. The summed E-state index contributed by atoms with van der Waals surface area (Å²) in [7, 11) is 0.